The highest BCUT2D eigenvalue weighted by Gasteiger charge is 2.38. The number of fused-ring (bicyclic) bond motifs is 1. The Balaban J connectivity index is 1.28. The molecular formula is C21H20ClN3O5. The van der Waals surface area contributed by atoms with E-state index in [1.54, 1.807) is 30.3 Å². The van der Waals surface area contributed by atoms with Crippen molar-refractivity contribution in [2.75, 3.05) is 6.79 Å². The van der Waals surface area contributed by atoms with Crippen LogP contribution in [0.3, 0.4) is 0 Å². The Morgan fingerprint density at radius 2 is 1.97 bits per heavy atom. The third kappa shape index (κ3) is 4.49. The number of nitrogens with one attached hydrogen (secondary N) is 2. The minimum atomic E-state index is -0.719. The Kier molecular flexibility index (Phi) is 5.76. The monoisotopic (exact) mass is 429 g/mol. The predicted octanol–water partition coefficient (Wildman–Crippen LogP) is 2.59. The van der Waals surface area contributed by atoms with E-state index in [1.165, 1.54) is 0 Å². The van der Waals surface area contributed by atoms with Crippen molar-refractivity contribution in [3.8, 4) is 11.5 Å². The van der Waals surface area contributed by atoms with Gasteiger partial charge < -0.3 is 20.1 Å². The first-order valence-corrected chi connectivity index (χ1v) is 9.89. The number of amides is 4. The number of imide groups is 1. The van der Waals surface area contributed by atoms with Crippen molar-refractivity contribution in [2.45, 2.75) is 32.0 Å². The van der Waals surface area contributed by atoms with Crippen molar-refractivity contribution >= 4 is 29.4 Å². The van der Waals surface area contributed by atoms with E-state index in [0.29, 0.717) is 23.1 Å². The third-order valence-corrected chi connectivity index (χ3v) is 5.16. The molecule has 2 heterocycles. The van der Waals surface area contributed by atoms with E-state index in [9.17, 15) is 14.4 Å². The summed E-state index contributed by atoms with van der Waals surface area (Å²) in [7, 11) is 0. The summed E-state index contributed by atoms with van der Waals surface area (Å²) >= 11 is 5.93. The number of hydrogen-bond donors (Lipinski definition) is 2. The molecule has 4 rings (SSSR count). The van der Waals surface area contributed by atoms with Gasteiger partial charge >= 0.3 is 6.03 Å². The fourth-order valence-corrected chi connectivity index (χ4v) is 3.57. The molecule has 4 amide bonds. The number of rotatable bonds is 7. The molecule has 1 atom stereocenters. The second-order valence-electron chi connectivity index (χ2n) is 7.06. The van der Waals surface area contributed by atoms with Gasteiger partial charge in [-0.15, -0.1) is 0 Å². The first kappa shape index (κ1) is 20.0. The zero-order chi connectivity index (χ0) is 21.1. The van der Waals surface area contributed by atoms with Gasteiger partial charge in [0.1, 0.15) is 6.04 Å². The van der Waals surface area contributed by atoms with E-state index in [0.717, 1.165) is 16.0 Å². The molecule has 0 saturated carbocycles. The second-order valence-corrected chi connectivity index (χ2v) is 7.50. The van der Waals surface area contributed by atoms with Crippen molar-refractivity contribution < 1.29 is 23.9 Å². The Morgan fingerprint density at radius 1 is 1.13 bits per heavy atom. The van der Waals surface area contributed by atoms with Crippen LogP contribution in [0.1, 0.15) is 24.0 Å². The lowest BCUT2D eigenvalue weighted by molar-refractivity contribution is -0.128. The van der Waals surface area contributed by atoms with Crippen LogP contribution in [0.15, 0.2) is 42.5 Å². The van der Waals surface area contributed by atoms with Gasteiger partial charge in [-0.3, -0.25) is 14.5 Å². The van der Waals surface area contributed by atoms with Crippen molar-refractivity contribution in [1.82, 2.24) is 15.5 Å². The maximum Gasteiger partial charge on any atom is 0.325 e. The van der Waals surface area contributed by atoms with Gasteiger partial charge in [0.2, 0.25) is 12.7 Å². The van der Waals surface area contributed by atoms with Crippen LogP contribution in [0.5, 0.6) is 11.5 Å². The molecule has 8 nitrogen and oxygen atoms in total. The zero-order valence-electron chi connectivity index (χ0n) is 16.0. The molecule has 0 radical (unpaired) electrons. The van der Waals surface area contributed by atoms with Crippen LogP contribution < -0.4 is 20.1 Å². The first-order chi connectivity index (χ1) is 14.5. The number of halogens is 1. The molecule has 0 bridgehead atoms. The molecule has 2 aliphatic heterocycles. The molecule has 2 aromatic carbocycles. The summed E-state index contributed by atoms with van der Waals surface area (Å²) in [6.45, 7) is 0.628. The van der Waals surface area contributed by atoms with Gasteiger partial charge in [0.25, 0.3) is 5.91 Å². The minimum absolute atomic E-state index is 0.120. The van der Waals surface area contributed by atoms with Crippen LogP contribution in [0.4, 0.5) is 4.79 Å². The fraction of sp³-hybridized carbons (Fsp3) is 0.286. The molecule has 0 spiro atoms. The lowest BCUT2D eigenvalue weighted by atomic mass is 10.1. The van der Waals surface area contributed by atoms with E-state index >= 15 is 0 Å². The lowest BCUT2D eigenvalue weighted by Gasteiger charge is -2.13. The summed E-state index contributed by atoms with van der Waals surface area (Å²) in [5.41, 5.74) is 1.64. The molecular weight excluding hydrogens is 410 g/mol. The van der Waals surface area contributed by atoms with Crippen LogP contribution in [0, 0.1) is 0 Å². The van der Waals surface area contributed by atoms with Gasteiger partial charge in [-0.25, -0.2) is 4.79 Å². The number of urea groups is 1. The average molecular weight is 430 g/mol. The normalized spacial score (nSPS) is 17.2. The fourth-order valence-electron chi connectivity index (χ4n) is 3.36. The SMILES string of the molecule is O=C(CC[C@@H]1NC(=O)N(Cc2ccc3c(c2)OCO3)C1=O)NCc1cccc(Cl)c1. The molecule has 1 saturated heterocycles. The molecule has 30 heavy (non-hydrogen) atoms. The van der Waals surface area contributed by atoms with Gasteiger partial charge in [-0.2, -0.15) is 0 Å². The van der Waals surface area contributed by atoms with Gasteiger partial charge in [-0.05, 0) is 41.8 Å². The second kappa shape index (κ2) is 8.62. The molecule has 0 aliphatic carbocycles. The largest absolute Gasteiger partial charge is 0.454 e. The predicted molar refractivity (Wildman–Crippen MR) is 108 cm³/mol. The summed E-state index contributed by atoms with van der Waals surface area (Å²) in [6, 6.07) is 11.3. The molecule has 0 unspecified atom stereocenters. The molecule has 0 aromatic heterocycles. The highest BCUT2D eigenvalue weighted by molar-refractivity contribution is 6.30. The topological polar surface area (TPSA) is 97.0 Å². The average Bonchev–Trinajstić information content (AvgIpc) is 3.30. The number of nitrogens with zero attached hydrogens (tertiary/aromatic N) is 1. The van der Waals surface area contributed by atoms with E-state index in [1.807, 2.05) is 12.1 Å². The van der Waals surface area contributed by atoms with Crippen molar-refractivity contribution in [2.24, 2.45) is 0 Å². The summed E-state index contributed by atoms with van der Waals surface area (Å²) in [4.78, 5) is 38.1. The smallest absolute Gasteiger partial charge is 0.325 e. The van der Waals surface area contributed by atoms with E-state index in [4.69, 9.17) is 21.1 Å². The number of benzene rings is 2. The van der Waals surface area contributed by atoms with Crippen molar-refractivity contribution in [3.63, 3.8) is 0 Å². The molecule has 156 valence electrons. The van der Waals surface area contributed by atoms with Gasteiger partial charge in [-0.1, -0.05) is 29.8 Å². The van der Waals surface area contributed by atoms with Crippen LogP contribution in [-0.2, 0) is 22.7 Å². The lowest BCUT2D eigenvalue weighted by Crippen LogP contribution is -2.32. The Labute approximate surface area is 178 Å². The summed E-state index contributed by atoms with van der Waals surface area (Å²) in [5, 5.41) is 6.04. The first-order valence-electron chi connectivity index (χ1n) is 9.51. The maximum atomic E-state index is 12.6. The summed E-state index contributed by atoms with van der Waals surface area (Å²) in [5.74, 6) is 0.677. The highest BCUT2D eigenvalue weighted by atomic mass is 35.5. The van der Waals surface area contributed by atoms with E-state index in [2.05, 4.69) is 10.6 Å². The van der Waals surface area contributed by atoms with Crippen molar-refractivity contribution in [3.05, 3.63) is 58.6 Å². The van der Waals surface area contributed by atoms with Crippen LogP contribution >= 0.6 is 11.6 Å². The summed E-state index contributed by atoms with van der Waals surface area (Å²) < 4.78 is 10.6. The Bertz CT molecular complexity index is 996. The maximum absolute atomic E-state index is 12.6. The van der Waals surface area contributed by atoms with Crippen molar-refractivity contribution in [1.29, 1.82) is 0 Å². The molecule has 2 aliphatic rings. The molecule has 2 N–H and O–H groups in total. The van der Waals surface area contributed by atoms with E-state index in [-0.39, 0.29) is 38.0 Å². The van der Waals surface area contributed by atoms with Crippen LogP contribution in [0.25, 0.3) is 0 Å². The summed E-state index contributed by atoms with van der Waals surface area (Å²) in [6.07, 6.45) is 0.346. The van der Waals surface area contributed by atoms with Crippen LogP contribution in [0.2, 0.25) is 5.02 Å². The molecule has 9 heteroatoms. The minimum Gasteiger partial charge on any atom is -0.454 e. The number of hydrogen-bond acceptors (Lipinski definition) is 5. The number of carbonyl (C=O) groups excluding carboxylic acids is 3. The van der Waals surface area contributed by atoms with Crippen LogP contribution in [-0.4, -0.2) is 35.6 Å². The zero-order valence-corrected chi connectivity index (χ0v) is 16.8. The number of carbonyl (C=O) groups is 3. The highest BCUT2D eigenvalue weighted by Crippen LogP contribution is 2.33. The van der Waals surface area contributed by atoms with Gasteiger partial charge in [0.05, 0.1) is 6.54 Å². The Hall–Kier alpha value is -3.26. The number of ether oxygens (including phenoxy) is 2. The van der Waals surface area contributed by atoms with E-state index < -0.39 is 12.1 Å². The third-order valence-electron chi connectivity index (χ3n) is 4.92. The molecule has 2 aromatic rings. The Morgan fingerprint density at radius 3 is 2.80 bits per heavy atom. The molecule has 1 fully saturated rings. The van der Waals surface area contributed by atoms with Gasteiger partial charge in [0.15, 0.2) is 11.5 Å². The van der Waals surface area contributed by atoms with Gasteiger partial charge in [0, 0.05) is 18.0 Å². The quantitative estimate of drug-likeness (QED) is 0.659. The standard InChI is InChI=1S/C21H20ClN3O5/c22-15-3-1-2-13(8-15)10-23-19(26)7-5-16-20(27)25(21(28)24-16)11-14-4-6-17-18(9-14)30-12-29-17/h1-4,6,8-9,16H,5,7,10-12H2,(H,23,26)(H,24,28)/t16-/m0/s1.